The molecule has 1 heterocycles. The van der Waals surface area contributed by atoms with Crippen molar-refractivity contribution >= 4 is 0 Å². The predicted octanol–water partition coefficient (Wildman–Crippen LogP) is 1.43. The molecule has 66 valence electrons. The second-order valence-electron chi connectivity index (χ2n) is 4.16. The Morgan fingerprint density at radius 2 is 2.17 bits per heavy atom. The molecule has 2 N–H and O–H groups in total. The van der Waals surface area contributed by atoms with Gasteiger partial charge in [-0.25, -0.2) is 0 Å². The van der Waals surface area contributed by atoms with Crippen molar-refractivity contribution in [1.29, 1.82) is 0 Å². The van der Waals surface area contributed by atoms with Crippen LogP contribution in [0.5, 0.6) is 0 Å². The molecule has 0 aliphatic heterocycles. The standard InChI is InChI=1S/C9H14N2O/c1-5-6(4-11-12-5)7-8(10)9(7,2)3/h4,7-8H,10H2,1-3H3/t7-,8-/m1/s1. The van der Waals surface area contributed by atoms with Crippen LogP contribution in [-0.4, -0.2) is 11.2 Å². The smallest absolute Gasteiger partial charge is 0.137 e. The molecular weight excluding hydrogens is 152 g/mol. The fourth-order valence-corrected chi connectivity index (χ4v) is 1.88. The highest BCUT2D eigenvalue weighted by molar-refractivity contribution is 5.33. The zero-order chi connectivity index (χ0) is 8.93. The Morgan fingerprint density at radius 3 is 2.50 bits per heavy atom. The summed E-state index contributed by atoms with van der Waals surface area (Å²) in [5.74, 6) is 1.34. The highest BCUT2D eigenvalue weighted by Gasteiger charge is 2.57. The lowest BCUT2D eigenvalue weighted by atomic mass is 10.0. The highest BCUT2D eigenvalue weighted by Crippen LogP contribution is 2.57. The number of hydrogen-bond donors (Lipinski definition) is 1. The minimum absolute atomic E-state index is 0.219. The van der Waals surface area contributed by atoms with Gasteiger partial charge in [0.05, 0.1) is 6.20 Å². The van der Waals surface area contributed by atoms with E-state index in [0.717, 1.165) is 5.76 Å². The van der Waals surface area contributed by atoms with E-state index in [0.29, 0.717) is 5.92 Å². The fourth-order valence-electron chi connectivity index (χ4n) is 1.88. The number of aryl methyl sites for hydroxylation is 1. The van der Waals surface area contributed by atoms with E-state index in [2.05, 4.69) is 19.0 Å². The summed E-state index contributed by atoms with van der Waals surface area (Å²) in [6.45, 7) is 6.28. The average molecular weight is 166 g/mol. The first-order chi connectivity index (χ1) is 5.55. The van der Waals surface area contributed by atoms with E-state index in [-0.39, 0.29) is 11.5 Å². The summed E-state index contributed by atoms with van der Waals surface area (Å²) in [4.78, 5) is 0. The van der Waals surface area contributed by atoms with Gasteiger partial charge in [-0.2, -0.15) is 0 Å². The molecule has 0 bridgehead atoms. The lowest BCUT2D eigenvalue weighted by molar-refractivity contribution is 0.395. The van der Waals surface area contributed by atoms with Crippen LogP contribution in [0.1, 0.15) is 31.1 Å². The molecule has 0 amide bonds. The molecule has 1 aliphatic rings. The Bertz CT molecular complexity index is 303. The van der Waals surface area contributed by atoms with Crippen molar-refractivity contribution < 1.29 is 4.52 Å². The van der Waals surface area contributed by atoms with Crippen molar-refractivity contribution in [2.24, 2.45) is 11.1 Å². The molecule has 0 aromatic carbocycles. The zero-order valence-electron chi connectivity index (χ0n) is 7.66. The average Bonchev–Trinajstić information content (AvgIpc) is 2.39. The molecule has 1 aromatic heterocycles. The van der Waals surface area contributed by atoms with E-state index >= 15 is 0 Å². The van der Waals surface area contributed by atoms with Gasteiger partial charge in [0.1, 0.15) is 5.76 Å². The molecule has 3 heteroatoms. The lowest BCUT2D eigenvalue weighted by Crippen LogP contribution is -2.06. The van der Waals surface area contributed by atoms with Crippen LogP contribution in [0.3, 0.4) is 0 Å². The van der Waals surface area contributed by atoms with E-state index in [9.17, 15) is 0 Å². The molecule has 0 spiro atoms. The third-order valence-electron chi connectivity index (χ3n) is 3.03. The molecule has 0 radical (unpaired) electrons. The maximum atomic E-state index is 5.93. The largest absolute Gasteiger partial charge is 0.361 e. The number of nitrogens with zero attached hydrogens (tertiary/aromatic N) is 1. The SMILES string of the molecule is Cc1oncc1[C@@H]1[C@@H](N)C1(C)C. The minimum Gasteiger partial charge on any atom is -0.361 e. The van der Waals surface area contributed by atoms with Gasteiger partial charge in [0, 0.05) is 17.5 Å². The summed E-state index contributed by atoms with van der Waals surface area (Å²) in [6, 6.07) is 0.260. The Kier molecular flexibility index (Phi) is 1.37. The predicted molar refractivity (Wildman–Crippen MR) is 45.7 cm³/mol. The van der Waals surface area contributed by atoms with Crippen LogP contribution in [0.25, 0.3) is 0 Å². The summed E-state index contributed by atoms with van der Waals surface area (Å²) < 4.78 is 5.00. The second kappa shape index (κ2) is 2.10. The Labute approximate surface area is 71.9 Å². The van der Waals surface area contributed by atoms with E-state index in [1.807, 2.05) is 6.92 Å². The van der Waals surface area contributed by atoms with Gasteiger partial charge in [-0.1, -0.05) is 19.0 Å². The molecule has 1 aliphatic carbocycles. The fraction of sp³-hybridized carbons (Fsp3) is 0.667. The minimum atomic E-state index is 0.219. The number of hydrogen-bond acceptors (Lipinski definition) is 3. The van der Waals surface area contributed by atoms with Gasteiger partial charge < -0.3 is 10.3 Å². The van der Waals surface area contributed by atoms with Gasteiger partial charge >= 0.3 is 0 Å². The second-order valence-corrected chi connectivity index (χ2v) is 4.16. The number of nitrogens with two attached hydrogens (primary N) is 1. The maximum Gasteiger partial charge on any atom is 0.137 e. The van der Waals surface area contributed by atoms with Crippen LogP contribution in [0.15, 0.2) is 10.7 Å². The van der Waals surface area contributed by atoms with Gasteiger partial charge in [-0.15, -0.1) is 0 Å². The highest BCUT2D eigenvalue weighted by atomic mass is 16.5. The van der Waals surface area contributed by atoms with Crippen LogP contribution < -0.4 is 5.73 Å². The summed E-state index contributed by atoms with van der Waals surface area (Å²) >= 11 is 0. The maximum absolute atomic E-state index is 5.93. The van der Waals surface area contributed by atoms with Crippen molar-refractivity contribution in [1.82, 2.24) is 5.16 Å². The molecular formula is C9H14N2O. The van der Waals surface area contributed by atoms with Crippen LogP contribution >= 0.6 is 0 Å². The molecule has 1 aromatic rings. The molecule has 1 fully saturated rings. The van der Waals surface area contributed by atoms with E-state index in [4.69, 9.17) is 10.3 Å². The van der Waals surface area contributed by atoms with Crippen molar-refractivity contribution in [3.05, 3.63) is 17.5 Å². The van der Waals surface area contributed by atoms with Crippen LogP contribution in [0, 0.1) is 12.3 Å². The third-order valence-corrected chi connectivity index (χ3v) is 3.03. The summed E-state index contributed by atoms with van der Waals surface area (Å²) in [5, 5.41) is 3.75. The topological polar surface area (TPSA) is 52.0 Å². The molecule has 12 heavy (non-hydrogen) atoms. The monoisotopic (exact) mass is 166 g/mol. The van der Waals surface area contributed by atoms with Crippen molar-refractivity contribution in [3.63, 3.8) is 0 Å². The van der Waals surface area contributed by atoms with E-state index in [1.54, 1.807) is 6.20 Å². The lowest BCUT2D eigenvalue weighted by Gasteiger charge is -1.98. The molecule has 0 saturated heterocycles. The number of rotatable bonds is 1. The molecule has 1 saturated carbocycles. The van der Waals surface area contributed by atoms with Crippen molar-refractivity contribution in [3.8, 4) is 0 Å². The Hall–Kier alpha value is -0.830. The first-order valence-corrected chi connectivity index (χ1v) is 4.22. The van der Waals surface area contributed by atoms with Gasteiger partial charge in [0.2, 0.25) is 0 Å². The van der Waals surface area contributed by atoms with Crippen molar-refractivity contribution in [2.75, 3.05) is 0 Å². The van der Waals surface area contributed by atoms with Crippen LogP contribution in [0.2, 0.25) is 0 Å². The third kappa shape index (κ3) is 0.829. The van der Waals surface area contributed by atoms with Crippen molar-refractivity contribution in [2.45, 2.75) is 32.7 Å². The summed E-state index contributed by atoms with van der Waals surface area (Å²) in [6.07, 6.45) is 1.79. The normalized spacial score (nSPS) is 32.0. The summed E-state index contributed by atoms with van der Waals surface area (Å²) in [5.41, 5.74) is 7.33. The van der Waals surface area contributed by atoms with Gasteiger partial charge in [-0.05, 0) is 12.3 Å². The summed E-state index contributed by atoms with van der Waals surface area (Å²) in [7, 11) is 0. The molecule has 2 atom stereocenters. The van der Waals surface area contributed by atoms with Crippen LogP contribution in [0.4, 0.5) is 0 Å². The van der Waals surface area contributed by atoms with Gasteiger partial charge in [0.25, 0.3) is 0 Å². The van der Waals surface area contributed by atoms with E-state index < -0.39 is 0 Å². The first-order valence-electron chi connectivity index (χ1n) is 4.22. The zero-order valence-corrected chi connectivity index (χ0v) is 7.66. The molecule has 0 unspecified atom stereocenters. The Morgan fingerprint density at radius 1 is 1.58 bits per heavy atom. The Balaban J connectivity index is 2.30. The molecule has 3 nitrogen and oxygen atoms in total. The van der Waals surface area contributed by atoms with E-state index in [1.165, 1.54) is 5.56 Å². The van der Waals surface area contributed by atoms with Gasteiger partial charge in [0.15, 0.2) is 0 Å². The number of aromatic nitrogens is 1. The van der Waals surface area contributed by atoms with Gasteiger partial charge in [-0.3, -0.25) is 0 Å². The quantitative estimate of drug-likeness (QED) is 0.686. The molecule has 2 rings (SSSR count). The first kappa shape index (κ1) is 7.80. The van der Waals surface area contributed by atoms with Crippen LogP contribution in [-0.2, 0) is 0 Å².